The van der Waals surface area contributed by atoms with Crippen LogP contribution in [0.5, 0.6) is 0 Å². The minimum atomic E-state index is -0.492. The smallest absolute Gasteiger partial charge is 0.411 e. The Labute approximate surface area is 103 Å². The van der Waals surface area contributed by atoms with Crippen molar-refractivity contribution in [2.75, 3.05) is 0 Å². The van der Waals surface area contributed by atoms with E-state index in [1.54, 1.807) is 4.90 Å². The summed E-state index contributed by atoms with van der Waals surface area (Å²) in [5, 5.41) is 9.14. The van der Waals surface area contributed by atoms with Crippen LogP contribution in [0, 0.1) is 17.2 Å². The average Bonchev–Trinajstić information content (AvgIpc) is 2.71. The number of ether oxygens (including phenoxy) is 1. The van der Waals surface area contributed by atoms with E-state index in [9.17, 15) is 4.79 Å². The van der Waals surface area contributed by atoms with E-state index in [4.69, 9.17) is 10.00 Å². The fourth-order valence-electron chi connectivity index (χ4n) is 2.98. The molecule has 0 aromatic rings. The quantitative estimate of drug-likeness (QED) is 0.649. The SMILES string of the molecule is CC(C)(C)OC(=O)N1C(C#N)CC2CCCC21. The van der Waals surface area contributed by atoms with Crippen LogP contribution >= 0.6 is 0 Å². The Morgan fingerprint density at radius 1 is 1.41 bits per heavy atom. The largest absolute Gasteiger partial charge is 0.444 e. The third kappa shape index (κ3) is 2.38. The minimum Gasteiger partial charge on any atom is -0.444 e. The number of nitrogens with zero attached hydrogens (tertiary/aromatic N) is 2. The lowest BCUT2D eigenvalue weighted by Crippen LogP contribution is -2.43. The van der Waals surface area contributed by atoms with Gasteiger partial charge in [-0.1, -0.05) is 6.42 Å². The van der Waals surface area contributed by atoms with Crippen LogP contribution in [0.25, 0.3) is 0 Å². The molecule has 1 saturated carbocycles. The van der Waals surface area contributed by atoms with Crippen LogP contribution in [0.15, 0.2) is 0 Å². The molecule has 0 radical (unpaired) electrons. The van der Waals surface area contributed by atoms with Crippen molar-refractivity contribution in [3.05, 3.63) is 0 Å². The molecule has 0 N–H and O–H groups in total. The Kier molecular flexibility index (Phi) is 3.03. The van der Waals surface area contributed by atoms with Crippen molar-refractivity contribution < 1.29 is 9.53 Å². The van der Waals surface area contributed by atoms with Crippen molar-refractivity contribution >= 4 is 6.09 Å². The molecule has 0 aromatic heterocycles. The molecule has 0 aromatic carbocycles. The van der Waals surface area contributed by atoms with E-state index >= 15 is 0 Å². The van der Waals surface area contributed by atoms with E-state index in [0.717, 1.165) is 25.7 Å². The standard InChI is InChI=1S/C13H20N2O2/c1-13(2,3)17-12(16)15-10(8-14)7-9-5-4-6-11(9)15/h9-11H,4-7H2,1-3H3. The summed E-state index contributed by atoms with van der Waals surface area (Å²) in [6.45, 7) is 5.57. The molecule has 1 amide bonds. The van der Waals surface area contributed by atoms with Gasteiger partial charge in [0.05, 0.1) is 6.07 Å². The molecule has 1 aliphatic heterocycles. The first-order chi connectivity index (χ1) is 7.92. The first-order valence-electron chi connectivity index (χ1n) is 6.33. The average molecular weight is 236 g/mol. The summed E-state index contributed by atoms with van der Waals surface area (Å²) >= 11 is 0. The van der Waals surface area contributed by atoms with Gasteiger partial charge in [-0.25, -0.2) is 4.79 Å². The summed E-state index contributed by atoms with van der Waals surface area (Å²) in [7, 11) is 0. The third-order valence-corrected chi connectivity index (χ3v) is 3.59. The molecule has 0 bridgehead atoms. The molecule has 1 saturated heterocycles. The number of nitriles is 1. The first kappa shape index (κ1) is 12.2. The highest BCUT2D eigenvalue weighted by Crippen LogP contribution is 2.41. The zero-order valence-electron chi connectivity index (χ0n) is 10.8. The molecular formula is C13H20N2O2. The molecule has 4 heteroatoms. The summed E-state index contributed by atoms with van der Waals surface area (Å²) < 4.78 is 5.40. The van der Waals surface area contributed by atoms with Gasteiger partial charge in [0.15, 0.2) is 0 Å². The molecule has 1 heterocycles. The van der Waals surface area contributed by atoms with Gasteiger partial charge in [-0.2, -0.15) is 5.26 Å². The van der Waals surface area contributed by atoms with Gasteiger partial charge < -0.3 is 4.74 Å². The van der Waals surface area contributed by atoms with Crippen molar-refractivity contribution in [1.29, 1.82) is 5.26 Å². The highest BCUT2D eigenvalue weighted by atomic mass is 16.6. The molecule has 3 atom stereocenters. The van der Waals surface area contributed by atoms with E-state index in [1.165, 1.54) is 0 Å². The lowest BCUT2D eigenvalue weighted by Gasteiger charge is -2.29. The number of fused-ring (bicyclic) bond motifs is 1. The maximum absolute atomic E-state index is 12.1. The van der Waals surface area contributed by atoms with E-state index < -0.39 is 5.60 Å². The molecule has 2 rings (SSSR count). The fraction of sp³-hybridized carbons (Fsp3) is 0.846. The van der Waals surface area contributed by atoms with Gasteiger partial charge >= 0.3 is 6.09 Å². The summed E-state index contributed by atoms with van der Waals surface area (Å²) in [5.41, 5.74) is -0.492. The monoisotopic (exact) mass is 236 g/mol. The van der Waals surface area contributed by atoms with Gasteiger partial charge in [0.25, 0.3) is 0 Å². The summed E-state index contributed by atoms with van der Waals surface area (Å²) in [4.78, 5) is 13.8. The van der Waals surface area contributed by atoms with Gasteiger partial charge in [-0.05, 0) is 46.0 Å². The van der Waals surface area contributed by atoms with Crippen molar-refractivity contribution in [3.8, 4) is 6.07 Å². The van der Waals surface area contributed by atoms with Crippen LogP contribution < -0.4 is 0 Å². The molecule has 4 nitrogen and oxygen atoms in total. The second kappa shape index (κ2) is 4.21. The maximum atomic E-state index is 12.1. The highest BCUT2D eigenvalue weighted by molar-refractivity contribution is 5.70. The maximum Gasteiger partial charge on any atom is 0.411 e. The molecule has 2 aliphatic rings. The topological polar surface area (TPSA) is 53.3 Å². The van der Waals surface area contributed by atoms with Crippen LogP contribution in [0.1, 0.15) is 46.5 Å². The van der Waals surface area contributed by atoms with Crippen LogP contribution in [-0.4, -0.2) is 28.7 Å². The molecule has 94 valence electrons. The number of likely N-dealkylation sites (tertiary alicyclic amines) is 1. The number of hydrogen-bond acceptors (Lipinski definition) is 3. The van der Waals surface area contributed by atoms with E-state index in [1.807, 2.05) is 20.8 Å². The normalized spacial score (nSPS) is 32.1. The Bertz CT molecular complexity index is 353. The molecule has 2 fully saturated rings. The van der Waals surface area contributed by atoms with E-state index in [0.29, 0.717) is 5.92 Å². The molecule has 0 spiro atoms. The molecule has 17 heavy (non-hydrogen) atoms. The molecule has 3 unspecified atom stereocenters. The van der Waals surface area contributed by atoms with Gasteiger partial charge in [-0.3, -0.25) is 4.90 Å². The number of carbonyl (C=O) groups excluding carboxylic acids is 1. The summed E-state index contributed by atoms with van der Waals surface area (Å²) in [6, 6.07) is 2.17. The Morgan fingerprint density at radius 2 is 2.12 bits per heavy atom. The third-order valence-electron chi connectivity index (χ3n) is 3.59. The van der Waals surface area contributed by atoms with E-state index in [-0.39, 0.29) is 18.2 Å². The molecular weight excluding hydrogens is 216 g/mol. The second-order valence-corrected chi connectivity index (χ2v) is 6.03. The van der Waals surface area contributed by atoms with Gasteiger partial charge in [0, 0.05) is 6.04 Å². The van der Waals surface area contributed by atoms with Crippen molar-refractivity contribution in [2.24, 2.45) is 5.92 Å². The number of carbonyl (C=O) groups is 1. The molecule has 1 aliphatic carbocycles. The van der Waals surface area contributed by atoms with Gasteiger partial charge in [0.1, 0.15) is 11.6 Å². The predicted octanol–water partition coefficient (Wildman–Crippen LogP) is 2.69. The number of amides is 1. The second-order valence-electron chi connectivity index (χ2n) is 6.03. The lowest BCUT2D eigenvalue weighted by atomic mass is 10.0. The van der Waals surface area contributed by atoms with Gasteiger partial charge in [0.2, 0.25) is 0 Å². The fourth-order valence-corrected chi connectivity index (χ4v) is 2.98. The Morgan fingerprint density at radius 3 is 2.71 bits per heavy atom. The predicted molar refractivity (Wildman–Crippen MR) is 63.2 cm³/mol. The Balaban J connectivity index is 2.12. The van der Waals surface area contributed by atoms with Crippen LogP contribution in [0.3, 0.4) is 0 Å². The zero-order valence-corrected chi connectivity index (χ0v) is 10.8. The van der Waals surface area contributed by atoms with Crippen molar-refractivity contribution in [2.45, 2.75) is 64.1 Å². The summed E-state index contributed by atoms with van der Waals surface area (Å²) in [6.07, 6.45) is 3.82. The van der Waals surface area contributed by atoms with Gasteiger partial charge in [-0.15, -0.1) is 0 Å². The summed E-state index contributed by atoms with van der Waals surface area (Å²) in [5.74, 6) is 0.507. The van der Waals surface area contributed by atoms with Crippen LogP contribution in [0.2, 0.25) is 0 Å². The van der Waals surface area contributed by atoms with Crippen LogP contribution in [-0.2, 0) is 4.74 Å². The lowest BCUT2D eigenvalue weighted by molar-refractivity contribution is 0.0178. The Hall–Kier alpha value is -1.24. The van der Waals surface area contributed by atoms with Crippen LogP contribution in [0.4, 0.5) is 4.79 Å². The highest BCUT2D eigenvalue weighted by Gasteiger charge is 2.47. The first-order valence-corrected chi connectivity index (χ1v) is 6.33. The van der Waals surface area contributed by atoms with Crippen molar-refractivity contribution in [3.63, 3.8) is 0 Å². The van der Waals surface area contributed by atoms with E-state index in [2.05, 4.69) is 6.07 Å². The minimum absolute atomic E-state index is 0.231. The number of hydrogen-bond donors (Lipinski definition) is 0. The number of rotatable bonds is 0. The zero-order chi connectivity index (χ0) is 12.6. The van der Waals surface area contributed by atoms with Crippen molar-refractivity contribution in [1.82, 2.24) is 4.90 Å².